The third-order valence-corrected chi connectivity index (χ3v) is 5.45. The highest BCUT2D eigenvalue weighted by molar-refractivity contribution is 6.32. The van der Waals surface area contributed by atoms with Gasteiger partial charge in [-0.25, -0.2) is 0 Å². The van der Waals surface area contributed by atoms with E-state index in [-0.39, 0.29) is 0 Å². The van der Waals surface area contributed by atoms with Crippen LogP contribution in [-0.4, -0.2) is 60.7 Å². The number of hydrogen-bond acceptors (Lipinski definition) is 5. The van der Waals surface area contributed by atoms with Gasteiger partial charge in [0.2, 0.25) is 0 Å². The van der Waals surface area contributed by atoms with Gasteiger partial charge in [-0.3, -0.25) is 9.88 Å². The average molecular weight is 388 g/mol. The highest BCUT2D eigenvalue weighted by atomic mass is 35.5. The molecule has 2 aromatic rings. The van der Waals surface area contributed by atoms with Crippen molar-refractivity contribution in [2.45, 2.75) is 19.4 Å². The van der Waals surface area contributed by atoms with Crippen LogP contribution in [0.2, 0.25) is 5.02 Å². The van der Waals surface area contributed by atoms with E-state index >= 15 is 0 Å². The van der Waals surface area contributed by atoms with Crippen molar-refractivity contribution in [1.29, 1.82) is 0 Å². The number of aromatic nitrogens is 1. The van der Waals surface area contributed by atoms with Gasteiger partial charge < -0.3 is 14.4 Å². The second kappa shape index (κ2) is 8.91. The zero-order valence-electron chi connectivity index (χ0n) is 15.6. The fraction of sp³-hybridized carbons (Fsp3) is 0.476. The number of ether oxygens (including phenoxy) is 2. The summed E-state index contributed by atoms with van der Waals surface area (Å²) >= 11 is 6.41. The van der Waals surface area contributed by atoms with Gasteiger partial charge in [0.05, 0.1) is 18.2 Å². The van der Waals surface area contributed by atoms with Crippen molar-refractivity contribution in [3.05, 3.63) is 52.8 Å². The van der Waals surface area contributed by atoms with Crippen LogP contribution in [-0.2, 0) is 13.0 Å². The Bertz CT molecular complexity index is 749. The van der Waals surface area contributed by atoms with Crippen molar-refractivity contribution in [1.82, 2.24) is 14.8 Å². The van der Waals surface area contributed by atoms with Gasteiger partial charge in [0, 0.05) is 58.1 Å². The smallest absolute Gasteiger partial charge is 0.179 e. The minimum atomic E-state index is 0.658. The molecule has 3 heterocycles. The molecule has 2 aliphatic rings. The standard InChI is InChI=1S/C21H26ClN3O2/c22-19-13-17(14-20-21(19)27-12-2-11-26-20)4-6-24-7-9-25(10-8-24)16-18-3-1-5-23-15-18/h1,3,5,13-15H,2,4,6-12,16H2. The zero-order valence-corrected chi connectivity index (χ0v) is 16.3. The molecular weight excluding hydrogens is 362 g/mol. The highest BCUT2D eigenvalue weighted by Crippen LogP contribution is 2.38. The molecule has 0 amide bonds. The summed E-state index contributed by atoms with van der Waals surface area (Å²) in [5, 5.41) is 0.658. The molecule has 1 saturated heterocycles. The van der Waals surface area contributed by atoms with Crippen molar-refractivity contribution in [2.75, 3.05) is 45.9 Å². The Kier molecular flexibility index (Phi) is 6.12. The second-order valence-electron chi connectivity index (χ2n) is 7.18. The van der Waals surface area contributed by atoms with E-state index in [0.29, 0.717) is 24.0 Å². The number of halogens is 1. The molecule has 144 valence electrons. The third-order valence-electron chi connectivity index (χ3n) is 5.17. The number of rotatable bonds is 5. The van der Waals surface area contributed by atoms with Gasteiger partial charge in [-0.2, -0.15) is 0 Å². The van der Waals surface area contributed by atoms with Crippen molar-refractivity contribution in [3.63, 3.8) is 0 Å². The van der Waals surface area contributed by atoms with E-state index in [0.717, 1.165) is 57.9 Å². The lowest BCUT2D eigenvalue weighted by Gasteiger charge is -2.34. The maximum absolute atomic E-state index is 6.41. The Morgan fingerprint density at radius 2 is 1.81 bits per heavy atom. The monoisotopic (exact) mass is 387 g/mol. The van der Waals surface area contributed by atoms with Crippen molar-refractivity contribution in [2.24, 2.45) is 0 Å². The van der Waals surface area contributed by atoms with E-state index in [1.807, 2.05) is 24.5 Å². The van der Waals surface area contributed by atoms with Crippen LogP contribution in [0.1, 0.15) is 17.5 Å². The Labute approximate surface area is 165 Å². The quantitative estimate of drug-likeness (QED) is 0.787. The van der Waals surface area contributed by atoms with Gasteiger partial charge in [-0.05, 0) is 35.7 Å². The molecule has 27 heavy (non-hydrogen) atoms. The Morgan fingerprint density at radius 3 is 2.63 bits per heavy atom. The number of piperazine rings is 1. The van der Waals surface area contributed by atoms with E-state index in [4.69, 9.17) is 21.1 Å². The maximum atomic E-state index is 6.41. The topological polar surface area (TPSA) is 37.8 Å². The van der Waals surface area contributed by atoms with Crippen LogP contribution in [0.25, 0.3) is 0 Å². The molecule has 1 aromatic heterocycles. The summed E-state index contributed by atoms with van der Waals surface area (Å²) in [5.74, 6) is 1.48. The van der Waals surface area contributed by atoms with Gasteiger partial charge in [-0.1, -0.05) is 17.7 Å². The molecule has 1 aromatic carbocycles. The molecule has 0 radical (unpaired) electrons. The lowest BCUT2D eigenvalue weighted by atomic mass is 10.1. The number of hydrogen-bond donors (Lipinski definition) is 0. The predicted octanol–water partition coefficient (Wildman–Crippen LogP) is 3.26. The fourth-order valence-electron chi connectivity index (χ4n) is 3.64. The molecule has 4 rings (SSSR count). The van der Waals surface area contributed by atoms with Crippen LogP contribution in [0.4, 0.5) is 0 Å². The number of nitrogens with zero attached hydrogens (tertiary/aromatic N) is 3. The normalized spacial score (nSPS) is 18.3. The average Bonchev–Trinajstić information content (AvgIpc) is 2.94. The minimum Gasteiger partial charge on any atom is -0.489 e. The lowest BCUT2D eigenvalue weighted by Crippen LogP contribution is -2.46. The molecule has 5 nitrogen and oxygen atoms in total. The molecule has 0 spiro atoms. The fourth-order valence-corrected chi connectivity index (χ4v) is 3.92. The van der Waals surface area contributed by atoms with Gasteiger partial charge in [0.25, 0.3) is 0 Å². The molecular formula is C21H26ClN3O2. The summed E-state index contributed by atoms with van der Waals surface area (Å²) in [6, 6.07) is 8.26. The van der Waals surface area contributed by atoms with Gasteiger partial charge in [-0.15, -0.1) is 0 Å². The summed E-state index contributed by atoms with van der Waals surface area (Å²) in [6.07, 6.45) is 5.65. The first-order chi connectivity index (χ1) is 13.3. The Morgan fingerprint density at radius 1 is 1.00 bits per heavy atom. The minimum absolute atomic E-state index is 0.658. The number of fused-ring (bicyclic) bond motifs is 1. The maximum Gasteiger partial charge on any atom is 0.179 e. The van der Waals surface area contributed by atoms with E-state index < -0.39 is 0 Å². The van der Waals surface area contributed by atoms with E-state index in [1.54, 1.807) is 0 Å². The summed E-state index contributed by atoms with van der Waals surface area (Å²) < 4.78 is 11.5. The van der Waals surface area contributed by atoms with Crippen LogP contribution in [0, 0.1) is 0 Å². The molecule has 1 fully saturated rings. The zero-order chi connectivity index (χ0) is 18.5. The van der Waals surface area contributed by atoms with Crippen LogP contribution >= 0.6 is 11.6 Å². The lowest BCUT2D eigenvalue weighted by molar-refractivity contribution is 0.128. The van der Waals surface area contributed by atoms with Gasteiger partial charge in [0.1, 0.15) is 0 Å². The SMILES string of the molecule is Clc1cc(CCN2CCN(Cc3cccnc3)CC2)cc2c1OCCCO2. The summed E-state index contributed by atoms with van der Waals surface area (Å²) in [4.78, 5) is 9.23. The van der Waals surface area contributed by atoms with Crippen molar-refractivity contribution < 1.29 is 9.47 Å². The molecule has 0 N–H and O–H groups in total. The first kappa shape index (κ1) is 18.5. The molecule has 0 aliphatic carbocycles. The molecule has 0 saturated carbocycles. The predicted molar refractivity (Wildman–Crippen MR) is 107 cm³/mol. The molecule has 0 bridgehead atoms. The summed E-state index contributed by atoms with van der Waals surface area (Å²) in [6.45, 7) is 7.75. The van der Waals surface area contributed by atoms with Crippen molar-refractivity contribution in [3.8, 4) is 11.5 Å². The summed E-state index contributed by atoms with van der Waals surface area (Å²) in [5.41, 5.74) is 2.50. The molecule has 0 unspecified atom stereocenters. The number of pyridine rings is 1. The van der Waals surface area contributed by atoms with Crippen LogP contribution < -0.4 is 9.47 Å². The first-order valence-electron chi connectivity index (χ1n) is 9.69. The second-order valence-corrected chi connectivity index (χ2v) is 7.59. The molecule has 0 atom stereocenters. The molecule has 2 aliphatic heterocycles. The Balaban J connectivity index is 1.28. The molecule has 6 heteroatoms. The van der Waals surface area contributed by atoms with Crippen LogP contribution in [0.15, 0.2) is 36.7 Å². The van der Waals surface area contributed by atoms with Crippen LogP contribution in [0.3, 0.4) is 0 Å². The van der Waals surface area contributed by atoms with Gasteiger partial charge >= 0.3 is 0 Å². The van der Waals surface area contributed by atoms with Crippen molar-refractivity contribution >= 4 is 11.6 Å². The van der Waals surface area contributed by atoms with E-state index in [2.05, 4.69) is 26.9 Å². The van der Waals surface area contributed by atoms with Crippen LogP contribution in [0.5, 0.6) is 11.5 Å². The third kappa shape index (κ3) is 4.92. The van der Waals surface area contributed by atoms with Gasteiger partial charge in [0.15, 0.2) is 11.5 Å². The first-order valence-corrected chi connectivity index (χ1v) is 10.1. The highest BCUT2D eigenvalue weighted by Gasteiger charge is 2.19. The number of benzene rings is 1. The largest absolute Gasteiger partial charge is 0.489 e. The summed E-state index contributed by atoms with van der Waals surface area (Å²) in [7, 11) is 0. The van der Waals surface area contributed by atoms with E-state index in [1.165, 1.54) is 11.1 Å². The van der Waals surface area contributed by atoms with E-state index in [9.17, 15) is 0 Å². The Hall–Kier alpha value is -1.82.